The molecule has 5 heteroatoms. The topological polar surface area (TPSA) is 63.0 Å². The van der Waals surface area contributed by atoms with Crippen molar-refractivity contribution >= 4 is 5.78 Å². The van der Waals surface area contributed by atoms with Crippen molar-refractivity contribution in [2.24, 2.45) is 5.92 Å². The summed E-state index contributed by atoms with van der Waals surface area (Å²) in [5.74, 6) is 0.998. The van der Waals surface area contributed by atoms with Gasteiger partial charge in [0.1, 0.15) is 6.33 Å². The largest absolute Gasteiger partial charge is 0.291 e. The molecule has 0 fully saturated rings. The molecule has 2 aromatic heterocycles. The summed E-state index contributed by atoms with van der Waals surface area (Å²) in [6.07, 6.45) is 2.26. The lowest BCUT2D eigenvalue weighted by molar-refractivity contribution is 0.618. The van der Waals surface area contributed by atoms with E-state index in [2.05, 4.69) is 28.9 Å². The van der Waals surface area contributed by atoms with E-state index in [9.17, 15) is 4.79 Å². The maximum atomic E-state index is 11.2. The molecule has 0 amide bonds. The third kappa shape index (κ3) is 1.53. The molecule has 74 valence electrons. The van der Waals surface area contributed by atoms with Crippen LogP contribution in [0.15, 0.2) is 17.2 Å². The molecule has 0 unspecified atom stereocenters. The summed E-state index contributed by atoms with van der Waals surface area (Å²) in [5.41, 5.74) is 0.775. The first-order valence-electron chi connectivity index (χ1n) is 4.59. The van der Waals surface area contributed by atoms with Crippen LogP contribution in [-0.4, -0.2) is 19.6 Å². The van der Waals surface area contributed by atoms with Crippen molar-refractivity contribution in [3.63, 3.8) is 0 Å². The normalized spacial score (nSPS) is 11.4. The van der Waals surface area contributed by atoms with Crippen LogP contribution in [0.4, 0.5) is 0 Å². The lowest BCUT2D eigenvalue weighted by Crippen LogP contribution is -2.13. The summed E-state index contributed by atoms with van der Waals surface area (Å²) >= 11 is 0. The molecule has 0 spiro atoms. The zero-order valence-electron chi connectivity index (χ0n) is 8.19. The Morgan fingerprint density at radius 3 is 3.07 bits per heavy atom. The van der Waals surface area contributed by atoms with Crippen molar-refractivity contribution in [1.29, 1.82) is 0 Å². The van der Waals surface area contributed by atoms with Gasteiger partial charge in [-0.05, 0) is 12.3 Å². The Morgan fingerprint density at radius 1 is 1.57 bits per heavy atom. The van der Waals surface area contributed by atoms with Gasteiger partial charge in [-0.25, -0.2) is 4.52 Å². The first kappa shape index (κ1) is 8.93. The predicted molar refractivity (Wildman–Crippen MR) is 52.1 cm³/mol. The number of hydrogen-bond donors (Lipinski definition) is 1. The Hall–Kier alpha value is -1.65. The third-order valence-electron chi connectivity index (χ3n) is 1.97. The van der Waals surface area contributed by atoms with Crippen LogP contribution in [0, 0.1) is 5.92 Å². The molecular formula is C9H12N4O. The van der Waals surface area contributed by atoms with Crippen LogP contribution in [0.2, 0.25) is 0 Å². The molecule has 2 rings (SSSR count). The highest BCUT2D eigenvalue weighted by Crippen LogP contribution is 2.05. The van der Waals surface area contributed by atoms with Gasteiger partial charge < -0.3 is 0 Å². The van der Waals surface area contributed by atoms with Crippen molar-refractivity contribution < 1.29 is 0 Å². The number of nitrogens with zero attached hydrogens (tertiary/aromatic N) is 3. The van der Waals surface area contributed by atoms with Gasteiger partial charge in [-0.1, -0.05) is 13.8 Å². The monoisotopic (exact) mass is 192 g/mol. The molecular weight excluding hydrogens is 180 g/mol. The van der Waals surface area contributed by atoms with Gasteiger partial charge in [-0.3, -0.25) is 9.78 Å². The van der Waals surface area contributed by atoms with E-state index in [1.54, 1.807) is 10.6 Å². The van der Waals surface area contributed by atoms with Crippen molar-refractivity contribution in [3.05, 3.63) is 28.4 Å². The van der Waals surface area contributed by atoms with E-state index in [4.69, 9.17) is 0 Å². The number of aromatic amines is 1. The summed E-state index contributed by atoms with van der Waals surface area (Å²) in [6, 6.07) is 1.57. The Morgan fingerprint density at radius 2 is 2.36 bits per heavy atom. The highest BCUT2D eigenvalue weighted by Gasteiger charge is 2.06. The molecule has 2 heterocycles. The SMILES string of the molecule is CC(C)Cc1cc(=O)[nH]c2ncnn12. The Bertz CT molecular complexity index is 497. The number of nitrogens with one attached hydrogen (secondary N) is 1. The van der Waals surface area contributed by atoms with Crippen LogP contribution in [0.5, 0.6) is 0 Å². The minimum absolute atomic E-state index is 0.124. The number of hydrogen-bond acceptors (Lipinski definition) is 3. The maximum Gasteiger partial charge on any atom is 0.252 e. The van der Waals surface area contributed by atoms with Gasteiger partial charge in [0.15, 0.2) is 0 Å². The van der Waals surface area contributed by atoms with Crippen molar-refractivity contribution in [2.45, 2.75) is 20.3 Å². The average molecular weight is 192 g/mol. The van der Waals surface area contributed by atoms with E-state index in [0.717, 1.165) is 12.1 Å². The maximum absolute atomic E-state index is 11.2. The van der Waals surface area contributed by atoms with Crippen molar-refractivity contribution in [3.8, 4) is 0 Å². The lowest BCUT2D eigenvalue weighted by atomic mass is 10.1. The summed E-state index contributed by atoms with van der Waals surface area (Å²) in [4.78, 5) is 17.8. The van der Waals surface area contributed by atoms with E-state index in [1.165, 1.54) is 6.33 Å². The summed E-state index contributed by atoms with van der Waals surface area (Å²) in [6.45, 7) is 4.20. The van der Waals surface area contributed by atoms with Crippen LogP contribution < -0.4 is 5.56 Å². The highest BCUT2D eigenvalue weighted by molar-refractivity contribution is 5.26. The predicted octanol–water partition coefficient (Wildman–Crippen LogP) is 0.616. The van der Waals surface area contributed by atoms with Gasteiger partial charge in [0.05, 0.1) is 5.69 Å². The molecule has 0 aromatic carbocycles. The smallest absolute Gasteiger partial charge is 0.252 e. The second-order valence-corrected chi connectivity index (χ2v) is 3.72. The summed E-state index contributed by atoms with van der Waals surface area (Å²) in [7, 11) is 0. The van der Waals surface area contributed by atoms with E-state index >= 15 is 0 Å². The zero-order valence-corrected chi connectivity index (χ0v) is 8.19. The van der Waals surface area contributed by atoms with Gasteiger partial charge in [0.2, 0.25) is 5.78 Å². The fraction of sp³-hybridized carbons (Fsp3) is 0.444. The Kier molecular flexibility index (Phi) is 2.07. The van der Waals surface area contributed by atoms with Gasteiger partial charge in [-0.2, -0.15) is 10.1 Å². The molecule has 5 nitrogen and oxygen atoms in total. The molecule has 14 heavy (non-hydrogen) atoms. The fourth-order valence-corrected chi connectivity index (χ4v) is 1.46. The molecule has 0 saturated carbocycles. The Balaban J connectivity index is 2.61. The van der Waals surface area contributed by atoms with E-state index in [0.29, 0.717) is 11.7 Å². The molecule has 1 N–H and O–H groups in total. The third-order valence-corrected chi connectivity index (χ3v) is 1.97. The van der Waals surface area contributed by atoms with E-state index < -0.39 is 0 Å². The molecule has 0 aliphatic carbocycles. The minimum atomic E-state index is -0.124. The van der Waals surface area contributed by atoms with Crippen molar-refractivity contribution in [2.75, 3.05) is 0 Å². The van der Waals surface area contributed by atoms with E-state index in [-0.39, 0.29) is 5.56 Å². The molecule has 2 aromatic rings. The molecule has 0 atom stereocenters. The lowest BCUT2D eigenvalue weighted by Gasteiger charge is -2.05. The Labute approximate surface area is 80.8 Å². The molecule has 0 saturated heterocycles. The number of fused-ring (bicyclic) bond motifs is 1. The zero-order chi connectivity index (χ0) is 10.1. The van der Waals surface area contributed by atoms with Crippen LogP contribution in [0.3, 0.4) is 0 Å². The van der Waals surface area contributed by atoms with Gasteiger partial charge in [0.25, 0.3) is 5.56 Å². The van der Waals surface area contributed by atoms with Gasteiger partial charge in [-0.15, -0.1) is 0 Å². The first-order chi connectivity index (χ1) is 6.66. The highest BCUT2D eigenvalue weighted by atomic mass is 16.1. The van der Waals surface area contributed by atoms with Crippen LogP contribution in [0.1, 0.15) is 19.5 Å². The quantitative estimate of drug-likeness (QED) is 0.758. The number of H-pyrrole nitrogens is 1. The minimum Gasteiger partial charge on any atom is -0.291 e. The summed E-state index contributed by atoms with van der Waals surface area (Å²) in [5, 5.41) is 4.05. The van der Waals surface area contributed by atoms with Gasteiger partial charge >= 0.3 is 0 Å². The standard InChI is InChI=1S/C9H12N4O/c1-6(2)3-7-4-8(14)12-9-10-5-11-13(7)9/h4-6H,3H2,1-2H3,(H,10,11,12,14). The molecule has 0 bridgehead atoms. The van der Waals surface area contributed by atoms with E-state index in [1.807, 2.05) is 0 Å². The fourth-order valence-electron chi connectivity index (χ4n) is 1.46. The number of rotatable bonds is 2. The first-order valence-corrected chi connectivity index (χ1v) is 4.59. The molecule has 0 aliphatic rings. The van der Waals surface area contributed by atoms with Crippen LogP contribution in [0.25, 0.3) is 5.78 Å². The summed E-state index contributed by atoms with van der Waals surface area (Å²) < 4.78 is 1.67. The second kappa shape index (κ2) is 3.25. The van der Waals surface area contributed by atoms with Crippen molar-refractivity contribution in [1.82, 2.24) is 19.6 Å². The van der Waals surface area contributed by atoms with Crippen LogP contribution in [-0.2, 0) is 6.42 Å². The second-order valence-electron chi connectivity index (χ2n) is 3.72. The van der Waals surface area contributed by atoms with Crippen LogP contribution >= 0.6 is 0 Å². The molecule has 0 aliphatic heterocycles. The number of aromatic nitrogens is 4. The average Bonchev–Trinajstić information content (AvgIpc) is 2.50. The van der Waals surface area contributed by atoms with Gasteiger partial charge in [0, 0.05) is 6.07 Å². The molecule has 0 radical (unpaired) electrons.